The Labute approximate surface area is 175 Å². The van der Waals surface area contributed by atoms with E-state index in [-0.39, 0.29) is 5.91 Å². The van der Waals surface area contributed by atoms with Gasteiger partial charge in [-0.15, -0.1) is 0 Å². The molecular weight excluding hydrogens is 364 g/mol. The van der Waals surface area contributed by atoms with Gasteiger partial charge in [-0.1, -0.05) is 30.3 Å². The zero-order chi connectivity index (χ0) is 19.9. The Bertz CT molecular complexity index is 629. The summed E-state index contributed by atoms with van der Waals surface area (Å²) in [5.74, 6) is 0.730. The molecule has 3 saturated heterocycles. The van der Waals surface area contributed by atoms with Crippen LogP contribution in [0, 0.1) is 5.92 Å². The first-order valence-electron chi connectivity index (χ1n) is 11.4. The molecule has 1 N–H and O–H groups in total. The number of nitrogens with zero attached hydrogens (tertiary/aromatic N) is 3. The molecule has 0 radical (unpaired) electrons. The lowest BCUT2D eigenvalue weighted by atomic mass is 9.87. The predicted molar refractivity (Wildman–Crippen MR) is 114 cm³/mol. The van der Waals surface area contributed by atoms with Crippen molar-refractivity contribution in [2.75, 3.05) is 52.5 Å². The number of nitrogens with one attached hydrogen (secondary N) is 1. The highest BCUT2D eigenvalue weighted by Gasteiger charge is 2.34. The van der Waals surface area contributed by atoms with Crippen molar-refractivity contribution in [1.82, 2.24) is 20.2 Å². The van der Waals surface area contributed by atoms with Crippen molar-refractivity contribution in [1.29, 1.82) is 0 Å². The van der Waals surface area contributed by atoms with E-state index in [1.807, 2.05) is 5.01 Å². The number of hydrogen-bond acceptors (Lipinski definition) is 5. The van der Waals surface area contributed by atoms with Crippen LogP contribution in [0.1, 0.15) is 37.7 Å². The van der Waals surface area contributed by atoms with Gasteiger partial charge in [-0.05, 0) is 56.8 Å². The first-order valence-corrected chi connectivity index (χ1v) is 11.4. The van der Waals surface area contributed by atoms with Gasteiger partial charge in [0.05, 0.1) is 13.2 Å². The molecule has 2 atom stereocenters. The quantitative estimate of drug-likeness (QED) is 0.760. The molecule has 4 rings (SSSR count). The number of hydrogen-bond donors (Lipinski definition) is 1. The third-order valence-electron chi connectivity index (χ3n) is 6.67. The van der Waals surface area contributed by atoms with Crippen LogP contribution in [0.15, 0.2) is 30.3 Å². The number of carbonyl (C=O) groups excluding carboxylic acids is 1. The molecule has 0 bridgehead atoms. The molecule has 1 aromatic carbocycles. The van der Waals surface area contributed by atoms with Gasteiger partial charge in [0.25, 0.3) is 0 Å². The van der Waals surface area contributed by atoms with Gasteiger partial charge in [0, 0.05) is 38.6 Å². The molecule has 0 spiro atoms. The molecule has 3 aliphatic rings. The lowest BCUT2D eigenvalue weighted by Crippen LogP contribution is -2.51. The molecule has 0 unspecified atom stereocenters. The van der Waals surface area contributed by atoms with Crippen LogP contribution in [0.3, 0.4) is 0 Å². The smallest absolute Gasteiger partial charge is 0.234 e. The summed E-state index contributed by atoms with van der Waals surface area (Å²) < 4.78 is 5.36. The molecule has 29 heavy (non-hydrogen) atoms. The minimum Gasteiger partial charge on any atom is -0.379 e. The van der Waals surface area contributed by atoms with Crippen LogP contribution in [0.25, 0.3) is 0 Å². The summed E-state index contributed by atoms with van der Waals surface area (Å²) in [6.45, 7) is 8.73. The van der Waals surface area contributed by atoms with E-state index in [0.717, 1.165) is 39.1 Å². The lowest BCUT2D eigenvalue weighted by molar-refractivity contribution is -0.128. The summed E-state index contributed by atoms with van der Waals surface area (Å²) in [5.41, 5.74) is 4.47. The number of carbonyl (C=O) groups is 1. The molecule has 0 aliphatic carbocycles. The van der Waals surface area contributed by atoms with Gasteiger partial charge in [-0.25, -0.2) is 5.01 Å². The predicted octanol–water partition coefficient (Wildman–Crippen LogP) is 2.12. The van der Waals surface area contributed by atoms with E-state index in [9.17, 15) is 4.79 Å². The van der Waals surface area contributed by atoms with Crippen molar-refractivity contribution < 1.29 is 9.53 Å². The maximum absolute atomic E-state index is 12.5. The summed E-state index contributed by atoms with van der Waals surface area (Å²) in [4.78, 5) is 17.8. The monoisotopic (exact) mass is 400 g/mol. The van der Waals surface area contributed by atoms with E-state index in [2.05, 4.69) is 45.6 Å². The van der Waals surface area contributed by atoms with Crippen molar-refractivity contribution in [2.45, 2.75) is 44.7 Å². The molecule has 0 saturated carbocycles. The molecule has 3 fully saturated rings. The fourth-order valence-corrected chi connectivity index (χ4v) is 5.14. The van der Waals surface area contributed by atoms with Gasteiger partial charge in [0.15, 0.2) is 0 Å². The molecule has 3 aliphatic heterocycles. The number of benzene rings is 1. The Hall–Kier alpha value is -1.47. The van der Waals surface area contributed by atoms with Crippen LogP contribution < -0.4 is 5.43 Å². The van der Waals surface area contributed by atoms with Gasteiger partial charge in [-0.2, -0.15) is 0 Å². The van der Waals surface area contributed by atoms with Crippen LogP contribution in [0.4, 0.5) is 0 Å². The van der Waals surface area contributed by atoms with Crippen molar-refractivity contribution in [3.8, 4) is 0 Å². The average Bonchev–Trinajstić information content (AvgIpc) is 3.28. The highest BCUT2D eigenvalue weighted by atomic mass is 16.5. The summed E-state index contributed by atoms with van der Waals surface area (Å²) >= 11 is 0. The summed E-state index contributed by atoms with van der Waals surface area (Å²) in [7, 11) is 0. The van der Waals surface area contributed by atoms with Crippen LogP contribution in [0.2, 0.25) is 0 Å². The summed E-state index contributed by atoms with van der Waals surface area (Å²) in [5, 5.41) is 2.01. The van der Waals surface area contributed by atoms with Crippen LogP contribution >= 0.6 is 0 Å². The number of ether oxygens (including phenoxy) is 1. The topological polar surface area (TPSA) is 48.1 Å². The normalized spacial score (nSPS) is 27.2. The fourth-order valence-electron chi connectivity index (χ4n) is 5.14. The molecule has 1 amide bonds. The highest BCUT2D eigenvalue weighted by Crippen LogP contribution is 2.29. The van der Waals surface area contributed by atoms with Gasteiger partial charge < -0.3 is 9.64 Å². The number of piperidine rings is 1. The SMILES string of the molecule is O=C(CC[C@H]1CN(Cc2ccccc2)CC[C@H]1N1CCCC1)NN1CCOCC1. The largest absolute Gasteiger partial charge is 0.379 e. The van der Waals surface area contributed by atoms with E-state index < -0.39 is 0 Å². The van der Waals surface area contributed by atoms with Gasteiger partial charge in [0.2, 0.25) is 5.91 Å². The Morgan fingerprint density at radius 2 is 1.79 bits per heavy atom. The minimum absolute atomic E-state index is 0.159. The Balaban J connectivity index is 1.32. The number of morpholine rings is 1. The molecular formula is C23H36N4O2. The second-order valence-electron chi connectivity index (χ2n) is 8.75. The number of hydrazine groups is 1. The molecule has 3 heterocycles. The third-order valence-corrected chi connectivity index (χ3v) is 6.67. The van der Waals surface area contributed by atoms with Crippen LogP contribution in [-0.4, -0.2) is 79.2 Å². The summed E-state index contributed by atoms with van der Waals surface area (Å²) in [6.07, 6.45) is 5.47. The van der Waals surface area contributed by atoms with Gasteiger partial charge in [-0.3, -0.25) is 15.1 Å². The lowest BCUT2D eigenvalue weighted by Gasteiger charge is -2.43. The molecule has 1 aromatic rings. The van der Waals surface area contributed by atoms with Crippen LogP contribution in [-0.2, 0) is 16.1 Å². The maximum Gasteiger partial charge on any atom is 0.234 e. The number of rotatable bonds is 7. The van der Waals surface area contributed by atoms with Crippen molar-refractivity contribution in [3.63, 3.8) is 0 Å². The van der Waals surface area contributed by atoms with Crippen molar-refractivity contribution in [2.24, 2.45) is 5.92 Å². The van der Waals surface area contributed by atoms with Crippen molar-refractivity contribution in [3.05, 3.63) is 35.9 Å². The van der Waals surface area contributed by atoms with Crippen molar-refractivity contribution >= 4 is 5.91 Å². The fraction of sp³-hybridized carbons (Fsp3) is 0.696. The van der Waals surface area contributed by atoms with E-state index in [1.54, 1.807) is 0 Å². The summed E-state index contributed by atoms with van der Waals surface area (Å²) in [6, 6.07) is 11.4. The standard InChI is InChI=1S/C23H36N4O2/c28-23(24-27-14-16-29-17-15-27)9-8-21-19-25(18-20-6-2-1-3-7-20)13-10-22(21)26-11-4-5-12-26/h1-3,6-7,21-22H,4-5,8-19H2,(H,24,28)/t21-,22+/m0/s1. The molecule has 6 heteroatoms. The Kier molecular flexibility index (Phi) is 7.55. The van der Waals surface area contributed by atoms with Gasteiger partial charge in [0.1, 0.15) is 0 Å². The Morgan fingerprint density at radius 3 is 2.55 bits per heavy atom. The zero-order valence-electron chi connectivity index (χ0n) is 17.6. The second-order valence-corrected chi connectivity index (χ2v) is 8.75. The van der Waals surface area contributed by atoms with Crippen LogP contribution in [0.5, 0.6) is 0 Å². The van der Waals surface area contributed by atoms with E-state index >= 15 is 0 Å². The first kappa shape index (κ1) is 20.8. The minimum atomic E-state index is 0.159. The second kappa shape index (κ2) is 10.5. The van der Waals surface area contributed by atoms with Gasteiger partial charge >= 0.3 is 0 Å². The van der Waals surface area contributed by atoms with E-state index in [0.29, 0.717) is 31.6 Å². The molecule has 6 nitrogen and oxygen atoms in total. The van der Waals surface area contributed by atoms with E-state index in [1.165, 1.54) is 37.9 Å². The molecule has 160 valence electrons. The third kappa shape index (κ3) is 6.01. The van der Waals surface area contributed by atoms with E-state index in [4.69, 9.17) is 4.74 Å². The Morgan fingerprint density at radius 1 is 1.03 bits per heavy atom. The number of amides is 1. The average molecular weight is 401 g/mol. The molecule has 0 aromatic heterocycles. The highest BCUT2D eigenvalue weighted by molar-refractivity contribution is 5.75. The zero-order valence-corrected chi connectivity index (χ0v) is 17.6. The maximum atomic E-state index is 12.5. The number of likely N-dealkylation sites (tertiary alicyclic amines) is 2. The first-order chi connectivity index (χ1) is 14.3.